The first-order valence-corrected chi connectivity index (χ1v) is 8.52. The van der Waals surface area contributed by atoms with Crippen molar-refractivity contribution in [3.63, 3.8) is 0 Å². The summed E-state index contributed by atoms with van der Waals surface area (Å²) in [5.41, 5.74) is 1.28. The van der Waals surface area contributed by atoms with Gasteiger partial charge in [0.15, 0.2) is 0 Å². The Morgan fingerprint density at radius 2 is 2.04 bits per heavy atom. The predicted molar refractivity (Wildman–Crippen MR) is 104 cm³/mol. The van der Waals surface area contributed by atoms with Gasteiger partial charge < -0.3 is 4.90 Å². The van der Waals surface area contributed by atoms with E-state index in [0.717, 1.165) is 10.8 Å². The van der Waals surface area contributed by atoms with E-state index in [2.05, 4.69) is 15.9 Å². The van der Waals surface area contributed by atoms with Crippen molar-refractivity contribution >= 4 is 45.5 Å². The van der Waals surface area contributed by atoms with Crippen LogP contribution in [0.4, 0.5) is 21.9 Å². The monoisotopic (exact) mass is 373 g/mol. The Kier molecular flexibility index (Phi) is 4.12. The topological polar surface area (TPSA) is 64.6 Å². The van der Waals surface area contributed by atoms with Crippen LogP contribution in [0.1, 0.15) is 0 Å². The van der Waals surface area contributed by atoms with Gasteiger partial charge in [0.25, 0.3) is 0 Å². The second-order valence-corrected chi connectivity index (χ2v) is 6.47. The molecule has 0 saturated carbocycles. The number of halogens is 1. The van der Waals surface area contributed by atoms with E-state index in [9.17, 15) is 10.1 Å². The Balaban J connectivity index is 1.84. The molecule has 0 spiro atoms. The quantitative estimate of drug-likeness (QED) is 0.607. The van der Waals surface area contributed by atoms with Crippen LogP contribution in [0.25, 0.3) is 15.6 Å². The minimum Gasteiger partial charge on any atom is -0.300 e. The molecule has 0 N–H and O–H groups in total. The zero-order valence-electron chi connectivity index (χ0n) is 14.0. The summed E-state index contributed by atoms with van der Waals surface area (Å²) >= 11 is 6.07. The van der Waals surface area contributed by atoms with Crippen LogP contribution in [0.3, 0.4) is 0 Å². The van der Waals surface area contributed by atoms with Crippen molar-refractivity contribution in [2.24, 2.45) is 0 Å². The average Bonchev–Trinajstić information content (AvgIpc) is 3.03. The van der Waals surface area contributed by atoms with Gasteiger partial charge in [0, 0.05) is 22.0 Å². The molecule has 130 valence electrons. The molecule has 4 rings (SSSR count). The molecule has 2 aromatic carbocycles. The Hall–Kier alpha value is -3.61. The van der Waals surface area contributed by atoms with Gasteiger partial charge in [0.1, 0.15) is 6.04 Å². The van der Waals surface area contributed by atoms with Gasteiger partial charge in [-0.05, 0) is 6.07 Å². The SMILES string of the molecule is [C-]#[N+]c1ccc(Cl)cc1N1CC(C#N)N(c2cncc3ccccc23)C1=O. The number of carbonyl (C=O) groups is 1. The van der Waals surface area contributed by atoms with Gasteiger partial charge in [-0.3, -0.25) is 9.88 Å². The third kappa shape index (κ3) is 2.73. The molecule has 1 unspecified atom stereocenters. The summed E-state index contributed by atoms with van der Waals surface area (Å²) in [5, 5.41) is 11.8. The number of amides is 2. The molecule has 3 aromatic rings. The lowest BCUT2D eigenvalue weighted by atomic mass is 10.1. The standard InChI is InChI=1S/C20H12ClN5O/c1-23-17-7-6-14(21)8-18(17)25-12-15(9-22)26(20(25)27)19-11-24-10-13-4-2-3-5-16(13)19/h2-8,10-11,15H,12H2. The van der Waals surface area contributed by atoms with Crippen molar-refractivity contribution in [1.29, 1.82) is 5.26 Å². The number of benzene rings is 2. The number of urea groups is 1. The van der Waals surface area contributed by atoms with E-state index >= 15 is 0 Å². The Morgan fingerprint density at radius 1 is 1.22 bits per heavy atom. The summed E-state index contributed by atoms with van der Waals surface area (Å²) in [4.78, 5) is 23.8. The fraction of sp³-hybridized carbons (Fsp3) is 0.100. The van der Waals surface area contributed by atoms with Gasteiger partial charge in [0.05, 0.1) is 36.8 Å². The first-order valence-electron chi connectivity index (χ1n) is 8.14. The molecule has 7 heteroatoms. The third-order valence-electron chi connectivity index (χ3n) is 4.51. The van der Waals surface area contributed by atoms with E-state index in [1.54, 1.807) is 30.6 Å². The maximum atomic E-state index is 13.2. The lowest BCUT2D eigenvalue weighted by Crippen LogP contribution is -2.34. The number of aromatic nitrogens is 1. The average molecular weight is 374 g/mol. The van der Waals surface area contributed by atoms with Crippen molar-refractivity contribution in [3.05, 3.63) is 71.3 Å². The molecule has 0 bridgehead atoms. The van der Waals surface area contributed by atoms with Gasteiger partial charge >= 0.3 is 6.03 Å². The van der Waals surface area contributed by atoms with Crippen molar-refractivity contribution < 1.29 is 4.79 Å². The van der Waals surface area contributed by atoms with Gasteiger partial charge in [-0.25, -0.2) is 9.64 Å². The van der Waals surface area contributed by atoms with Crippen molar-refractivity contribution in [2.75, 3.05) is 16.3 Å². The number of nitrogens with zero attached hydrogens (tertiary/aromatic N) is 5. The second-order valence-electron chi connectivity index (χ2n) is 6.03. The maximum absolute atomic E-state index is 13.2. The highest BCUT2D eigenvalue weighted by Crippen LogP contribution is 2.38. The number of rotatable bonds is 2. The summed E-state index contributed by atoms with van der Waals surface area (Å²) in [6.07, 6.45) is 3.30. The van der Waals surface area contributed by atoms with Crippen LogP contribution in [0, 0.1) is 17.9 Å². The molecule has 1 atom stereocenters. The van der Waals surface area contributed by atoms with Crippen LogP contribution >= 0.6 is 11.6 Å². The number of hydrogen-bond donors (Lipinski definition) is 0. The molecule has 1 saturated heterocycles. The van der Waals surface area contributed by atoms with E-state index in [-0.39, 0.29) is 12.6 Å². The van der Waals surface area contributed by atoms with Gasteiger partial charge in [-0.2, -0.15) is 5.26 Å². The first-order chi connectivity index (χ1) is 13.1. The first kappa shape index (κ1) is 16.8. The van der Waals surface area contributed by atoms with E-state index in [1.165, 1.54) is 9.80 Å². The minimum atomic E-state index is -0.706. The molecule has 2 heterocycles. The van der Waals surface area contributed by atoms with E-state index in [4.69, 9.17) is 18.2 Å². The van der Waals surface area contributed by atoms with Crippen molar-refractivity contribution in [3.8, 4) is 6.07 Å². The Labute approximate surface area is 160 Å². The molecular formula is C20H12ClN5O. The molecule has 2 amide bonds. The van der Waals surface area contributed by atoms with E-state index in [0.29, 0.717) is 22.1 Å². The smallest absolute Gasteiger partial charge is 0.300 e. The van der Waals surface area contributed by atoms with Gasteiger partial charge in [-0.15, -0.1) is 0 Å². The number of carbonyl (C=O) groups excluding carboxylic acids is 1. The van der Waals surface area contributed by atoms with Gasteiger partial charge in [0.2, 0.25) is 5.69 Å². The molecule has 1 aromatic heterocycles. The van der Waals surface area contributed by atoms with Crippen LogP contribution < -0.4 is 9.80 Å². The van der Waals surface area contributed by atoms with Gasteiger partial charge in [-0.1, -0.05) is 48.0 Å². The highest BCUT2D eigenvalue weighted by atomic mass is 35.5. The summed E-state index contributed by atoms with van der Waals surface area (Å²) < 4.78 is 0. The lowest BCUT2D eigenvalue weighted by molar-refractivity contribution is 0.255. The zero-order valence-corrected chi connectivity index (χ0v) is 14.8. The largest absolute Gasteiger partial charge is 0.329 e. The molecule has 27 heavy (non-hydrogen) atoms. The highest BCUT2D eigenvalue weighted by molar-refractivity contribution is 6.31. The number of pyridine rings is 1. The summed E-state index contributed by atoms with van der Waals surface area (Å²) in [6.45, 7) is 7.50. The fourth-order valence-electron chi connectivity index (χ4n) is 3.27. The number of nitriles is 1. The van der Waals surface area contributed by atoms with Crippen molar-refractivity contribution in [2.45, 2.75) is 6.04 Å². The zero-order chi connectivity index (χ0) is 19.0. The Morgan fingerprint density at radius 3 is 2.81 bits per heavy atom. The fourth-order valence-corrected chi connectivity index (χ4v) is 3.43. The molecule has 1 aliphatic heterocycles. The van der Waals surface area contributed by atoms with Crippen molar-refractivity contribution in [1.82, 2.24) is 4.98 Å². The maximum Gasteiger partial charge on any atom is 0.329 e. The van der Waals surface area contributed by atoms with E-state index in [1.807, 2.05) is 24.3 Å². The molecule has 1 fully saturated rings. The molecular weight excluding hydrogens is 362 g/mol. The van der Waals surface area contributed by atoms with Crippen LogP contribution in [0.5, 0.6) is 0 Å². The summed E-state index contributed by atoms with van der Waals surface area (Å²) in [6, 6.07) is 13.4. The second kappa shape index (κ2) is 6.60. The summed E-state index contributed by atoms with van der Waals surface area (Å²) in [5.74, 6) is 0. The minimum absolute atomic E-state index is 0.140. The van der Waals surface area contributed by atoms with Crippen LogP contribution in [-0.4, -0.2) is 23.6 Å². The lowest BCUT2D eigenvalue weighted by Gasteiger charge is -2.21. The van der Waals surface area contributed by atoms with Crippen LogP contribution in [-0.2, 0) is 0 Å². The molecule has 1 aliphatic rings. The molecule has 6 nitrogen and oxygen atoms in total. The van der Waals surface area contributed by atoms with E-state index < -0.39 is 6.04 Å². The Bertz CT molecular complexity index is 1140. The third-order valence-corrected chi connectivity index (χ3v) is 4.74. The molecule has 0 aliphatic carbocycles. The highest BCUT2D eigenvalue weighted by Gasteiger charge is 2.40. The molecule has 0 radical (unpaired) electrons. The normalized spacial score (nSPS) is 16.4. The predicted octanol–water partition coefficient (Wildman–Crippen LogP) is 4.78. The number of hydrogen-bond acceptors (Lipinski definition) is 3. The summed E-state index contributed by atoms with van der Waals surface area (Å²) in [7, 11) is 0. The van der Waals surface area contributed by atoms with Crippen LogP contribution in [0.2, 0.25) is 5.02 Å². The van der Waals surface area contributed by atoms with Crippen LogP contribution in [0.15, 0.2) is 54.9 Å². The number of anilines is 2. The number of fused-ring (bicyclic) bond motifs is 1.